The molecule has 390 valence electrons. The molecule has 0 amide bonds. The Kier molecular flexibility index (Phi) is 9.93. The fraction of sp³-hybridized carbons (Fsp3) is 0. The zero-order chi connectivity index (χ0) is 55.0. The van der Waals surface area contributed by atoms with Gasteiger partial charge in [-0.15, -0.1) is 0 Å². The van der Waals surface area contributed by atoms with E-state index in [4.69, 9.17) is 28.8 Å². The topological polar surface area (TPSA) is 87.7 Å². The predicted molar refractivity (Wildman–Crippen MR) is 346 cm³/mol. The average molecular weight is 1070 g/mol. The van der Waals surface area contributed by atoms with Crippen LogP contribution in [0, 0.1) is 0 Å². The SMILES string of the molecule is c1ccc(-c2nc(-n3c4ccccc4c4cccc5c6cc7oc8ccccc8c7cc6n(-c6nc(-c7ccccc7)c7ccccc7n6)c6ccccc6c6cccc(c7cc8oc9ccccc9c8cc73)c6c45)nc3ccccc23)cc1. The van der Waals surface area contributed by atoms with Crippen molar-refractivity contribution in [2.75, 3.05) is 0 Å². The Morgan fingerprint density at radius 2 is 0.571 bits per heavy atom. The average Bonchev–Trinajstić information content (AvgIpc) is 2.02. The second-order valence-corrected chi connectivity index (χ2v) is 21.6. The summed E-state index contributed by atoms with van der Waals surface area (Å²) < 4.78 is 18.4. The largest absolute Gasteiger partial charge is 0.456 e. The molecule has 8 nitrogen and oxygen atoms in total. The third-order valence-electron chi connectivity index (χ3n) is 17.0. The van der Waals surface area contributed by atoms with E-state index in [0.717, 1.165) is 164 Å². The van der Waals surface area contributed by atoms with Gasteiger partial charge in [-0.1, -0.05) is 206 Å². The van der Waals surface area contributed by atoms with Gasteiger partial charge in [0.15, 0.2) is 0 Å². The second-order valence-electron chi connectivity index (χ2n) is 21.6. The number of fused-ring (bicyclic) bond motifs is 16. The molecule has 0 radical (unpaired) electrons. The van der Waals surface area contributed by atoms with E-state index in [1.165, 1.54) is 0 Å². The molecule has 0 spiro atoms. The maximum atomic E-state index is 6.91. The number of nitrogens with zero attached hydrogens (tertiary/aromatic N) is 6. The van der Waals surface area contributed by atoms with E-state index in [2.05, 4.69) is 252 Å². The third kappa shape index (κ3) is 6.88. The zero-order valence-electron chi connectivity index (χ0n) is 44.9. The number of furan rings is 2. The molecular formula is C76H44N6O2. The summed E-state index contributed by atoms with van der Waals surface area (Å²) in [5.41, 5.74) is 12.2. The molecule has 0 aliphatic heterocycles. The van der Waals surface area contributed by atoms with Crippen LogP contribution in [0.3, 0.4) is 0 Å². The van der Waals surface area contributed by atoms with Crippen LogP contribution in [0.15, 0.2) is 276 Å². The van der Waals surface area contributed by atoms with Crippen molar-refractivity contribution < 1.29 is 8.83 Å². The van der Waals surface area contributed by atoms with Crippen LogP contribution in [0.1, 0.15) is 0 Å². The van der Waals surface area contributed by atoms with E-state index in [1.807, 2.05) is 24.3 Å². The first kappa shape index (κ1) is 46.3. The van der Waals surface area contributed by atoms with Gasteiger partial charge in [-0.05, 0) is 93.0 Å². The second kappa shape index (κ2) is 18.0. The highest BCUT2D eigenvalue weighted by Crippen LogP contribution is 2.45. The van der Waals surface area contributed by atoms with E-state index in [1.54, 1.807) is 0 Å². The summed E-state index contributed by atoms with van der Waals surface area (Å²) in [5.74, 6) is 1.08. The Balaban J connectivity index is 1.14. The van der Waals surface area contributed by atoms with Crippen LogP contribution >= 0.6 is 0 Å². The van der Waals surface area contributed by atoms with Crippen molar-refractivity contribution >= 4 is 142 Å². The molecule has 18 rings (SSSR count). The Labute approximate surface area is 478 Å². The fourth-order valence-electron chi connectivity index (χ4n) is 13.3. The van der Waals surface area contributed by atoms with E-state index in [-0.39, 0.29) is 0 Å². The van der Waals surface area contributed by atoms with Crippen LogP contribution in [-0.4, -0.2) is 29.1 Å². The van der Waals surface area contributed by atoms with E-state index < -0.39 is 0 Å². The van der Waals surface area contributed by atoms with Crippen molar-refractivity contribution in [2.24, 2.45) is 0 Å². The number of rotatable bonds is 4. The highest BCUT2D eigenvalue weighted by molar-refractivity contribution is 6.35. The Hall–Kier alpha value is -11.5. The minimum atomic E-state index is 0.538. The summed E-state index contributed by atoms with van der Waals surface area (Å²) in [6.45, 7) is 0. The first-order chi connectivity index (χ1) is 41.7. The van der Waals surface area contributed by atoms with Gasteiger partial charge in [0.2, 0.25) is 11.9 Å². The quantitative estimate of drug-likeness (QED) is 0.174. The van der Waals surface area contributed by atoms with Crippen molar-refractivity contribution in [1.82, 2.24) is 29.1 Å². The first-order valence-electron chi connectivity index (χ1n) is 28.3. The van der Waals surface area contributed by atoms with Crippen LogP contribution < -0.4 is 0 Å². The van der Waals surface area contributed by atoms with Gasteiger partial charge in [0.1, 0.15) is 22.3 Å². The molecule has 0 saturated carbocycles. The molecule has 0 N–H and O–H groups in total. The first-order valence-corrected chi connectivity index (χ1v) is 28.3. The lowest BCUT2D eigenvalue weighted by molar-refractivity contribution is 0.669. The fourth-order valence-corrected chi connectivity index (χ4v) is 13.3. The third-order valence-corrected chi connectivity index (χ3v) is 17.0. The molecular weight excluding hydrogens is 1030 g/mol. The van der Waals surface area contributed by atoms with Crippen LogP contribution in [0.5, 0.6) is 0 Å². The monoisotopic (exact) mass is 1070 g/mol. The molecule has 0 unspecified atom stereocenters. The molecule has 0 bridgehead atoms. The molecule has 8 heteroatoms. The van der Waals surface area contributed by atoms with Gasteiger partial charge in [0.25, 0.3) is 0 Å². The number of hydrogen-bond donors (Lipinski definition) is 0. The summed E-state index contributed by atoms with van der Waals surface area (Å²) in [6.07, 6.45) is 0. The van der Waals surface area contributed by atoms with Crippen molar-refractivity contribution in [3.8, 4) is 34.4 Å². The lowest BCUT2D eigenvalue weighted by Gasteiger charge is -2.15. The molecule has 0 aliphatic carbocycles. The Morgan fingerprint density at radius 3 is 1.01 bits per heavy atom. The Bertz CT molecular complexity index is 5570. The van der Waals surface area contributed by atoms with Crippen LogP contribution in [0.4, 0.5) is 0 Å². The summed E-state index contributed by atoms with van der Waals surface area (Å²) in [6, 6.07) is 94.2. The summed E-state index contributed by atoms with van der Waals surface area (Å²) in [4.78, 5) is 22.5. The highest BCUT2D eigenvalue weighted by Gasteiger charge is 2.23. The van der Waals surface area contributed by atoms with Gasteiger partial charge in [0.05, 0.1) is 44.5 Å². The van der Waals surface area contributed by atoms with E-state index >= 15 is 0 Å². The molecule has 0 saturated heterocycles. The molecule has 6 aromatic heterocycles. The minimum absolute atomic E-state index is 0.538. The van der Waals surface area contributed by atoms with Crippen molar-refractivity contribution in [3.05, 3.63) is 267 Å². The molecule has 0 aliphatic rings. The van der Waals surface area contributed by atoms with Crippen LogP contribution in [0.25, 0.3) is 176 Å². The summed E-state index contributed by atoms with van der Waals surface area (Å²) in [5, 5.41) is 16.0. The van der Waals surface area contributed by atoms with E-state index in [9.17, 15) is 0 Å². The normalized spacial score (nSPS) is 12.0. The number of para-hydroxylation sites is 6. The van der Waals surface area contributed by atoms with Crippen LogP contribution in [0.2, 0.25) is 0 Å². The van der Waals surface area contributed by atoms with Gasteiger partial charge in [-0.25, -0.2) is 19.9 Å². The molecule has 12 aromatic carbocycles. The van der Waals surface area contributed by atoms with Crippen LogP contribution in [-0.2, 0) is 0 Å². The maximum Gasteiger partial charge on any atom is 0.235 e. The standard InChI is InChI=1S/C76H44N6O2/c1-3-21-45(22-4-1)73-55-29-7-13-35-61(55)77-75(79-73)81-63-37-15-9-25-47(63)51-31-19-34-54-58-44-70-60(50-28-12-18-40-68(50)84-70)42-66(58)82(76-78-62-36-14-8-30-56(62)74(80-76)46-23-5-2-6-24-46)64-38-16-10-26-48(64)52-32-20-33-53(72(52)71(51)54)57-43-69-59(41-65(57)81)49-27-11-17-39-67(49)83-69/h1-44H. The smallest absolute Gasteiger partial charge is 0.235 e. The summed E-state index contributed by atoms with van der Waals surface area (Å²) in [7, 11) is 0. The summed E-state index contributed by atoms with van der Waals surface area (Å²) >= 11 is 0. The minimum Gasteiger partial charge on any atom is -0.456 e. The number of benzene rings is 12. The van der Waals surface area contributed by atoms with Gasteiger partial charge >= 0.3 is 0 Å². The van der Waals surface area contributed by atoms with Gasteiger partial charge in [-0.2, -0.15) is 0 Å². The van der Waals surface area contributed by atoms with Crippen molar-refractivity contribution in [1.29, 1.82) is 0 Å². The van der Waals surface area contributed by atoms with Crippen molar-refractivity contribution in [3.63, 3.8) is 0 Å². The van der Waals surface area contributed by atoms with Gasteiger partial charge in [-0.3, -0.25) is 9.13 Å². The Morgan fingerprint density at radius 1 is 0.226 bits per heavy atom. The lowest BCUT2D eigenvalue weighted by Crippen LogP contribution is -2.05. The number of aromatic nitrogens is 6. The lowest BCUT2D eigenvalue weighted by atomic mass is 9.94. The highest BCUT2D eigenvalue weighted by atomic mass is 16.3. The molecule has 0 fully saturated rings. The van der Waals surface area contributed by atoms with Crippen molar-refractivity contribution in [2.45, 2.75) is 0 Å². The molecule has 0 atom stereocenters. The number of hydrogen-bond acceptors (Lipinski definition) is 6. The maximum absolute atomic E-state index is 6.91. The molecule has 6 heterocycles. The van der Waals surface area contributed by atoms with E-state index in [0.29, 0.717) is 11.9 Å². The molecule has 18 aromatic rings. The predicted octanol–water partition coefficient (Wildman–Crippen LogP) is 20.0. The van der Waals surface area contributed by atoms with Gasteiger partial charge in [0, 0.05) is 65.0 Å². The molecule has 84 heavy (non-hydrogen) atoms. The zero-order valence-corrected chi connectivity index (χ0v) is 44.9. The van der Waals surface area contributed by atoms with Gasteiger partial charge < -0.3 is 8.83 Å².